The standard InChI is InChI=1S/C8H10N2O2/c1-5-7(3-4-8(11)12)6(2)10-9-5/h3-4H,1-2H3,(H,9,10)(H,11,12)/b4-3+. The molecule has 1 aromatic heterocycles. The molecule has 0 spiro atoms. The molecular weight excluding hydrogens is 156 g/mol. The summed E-state index contributed by atoms with van der Waals surface area (Å²) < 4.78 is 0. The van der Waals surface area contributed by atoms with E-state index in [-0.39, 0.29) is 0 Å². The summed E-state index contributed by atoms with van der Waals surface area (Å²) in [6, 6.07) is 0. The number of nitrogens with one attached hydrogen (secondary N) is 1. The summed E-state index contributed by atoms with van der Waals surface area (Å²) in [6.45, 7) is 3.67. The van der Waals surface area contributed by atoms with E-state index in [1.165, 1.54) is 6.08 Å². The maximum atomic E-state index is 10.2. The molecule has 0 amide bonds. The van der Waals surface area contributed by atoms with Gasteiger partial charge in [0, 0.05) is 17.3 Å². The average Bonchev–Trinajstić information content (AvgIpc) is 2.28. The molecule has 0 atom stereocenters. The number of hydrogen-bond donors (Lipinski definition) is 2. The van der Waals surface area contributed by atoms with Crippen molar-refractivity contribution in [3.05, 3.63) is 23.0 Å². The zero-order valence-electron chi connectivity index (χ0n) is 6.96. The van der Waals surface area contributed by atoms with E-state index in [2.05, 4.69) is 10.2 Å². The first-order chi connectivity index (χ1) is 5.61. The van der Waals surface area contributed by atoms with Crippen LogP contribution in [0.15, 0.2) is 6.08 Å². The minimum Gasteiger partial charge on any atom is -0.478 e. The largest absolute Gasteiger partial charge is 0.478 e. The highest BCUT2D eigenvalue weighted by atomic mass is 16.4. The van der Waals surface area contributed by atoms with Crippen LogP contribution >= 0.6 is 0 Å². The van der Waals surface area contributed by atoms with Crippen LogP contribution in [0.3, 0.4) is 0 Å². The summed E-state index contributed by atoms with van der Waals surface area (Å²) in [6.07, 6.45) is 2.64. The molecule has 1 aromatic rings. The van der Waals surface area contributed by atoms with Crippen LogP contribution in [0, 0.1) is 13.8 Å². The smallest absolute Gasteiger partial charge is 0.328 e. The van der Waals surface area contributed by atoms with Gasteiger partial charge >= 0.3 is 5.97 Å². The number of aromatic amines is 1. The molecule has 0 radical (unpaired) electrons. The first kappa shape index (κ1) is 8.52. The lowest BCUT2D eigenvalue weighted by Gasteiger charge is -1.88. The highest BCUT2D eigenvalue weighted by Gasteiger charge is 2.01. The molecule has 1 rings (SSSR count). The Morgan fingerprint density at radius 3 is 2.67 bits per heavy atom. The third-order valence-corrected chi connectivity index (χ3v) is 1.58. The van der Waals surface area contributed by atoms with Crippen molar-refractivity contribution in [1.82, 2.24) is 10.2 Å². The maximum Gasteiger partial charge on any atom is 0.328 e. The van der Waals surface area contributed by atoms with Crippen molar-refractivity contribution < 1.29 is 9.90 Å². The van der Waals surface area contributed by atoms with E-state index in [1.807, 2.05) is 13.8 Å². The predicted octanol–water partition coefficient (Wildman–Crippen LogP) is 1.12. The molecule has 0 bridgehead atoms. The van der Waals surface area contributed by atoms with Gasteiger partial charge in [-0.1, -0.05) is 0 Å². The fourth-order valence-corrected chi connectivity index (χ4v) is 0.960. The number of H-pyrrole nitrogens is 1. The van der Waals surface area contributed by atoms with E-state index < -0.39 is 5.97 Å². The number of aliphatic carboxylic acids is 1. The van der Waals surface area contributed by atoms with Crippen molar-refractivity contribution >= 4 is 12.0 Å². The summed E-state index contributed by atoms with van der Waals surface area (Å²) in [7, 11) is 0. The zero-order valence-corrected chi connectivity index (χ0v) is 6.96. The van der Waals surface area contributed by atoms with Crippen LogP contribution in [-0.2, 0) is 4.79 Å². The SMILES string of the molecule is Cc1n[nH]c(C)c1/C=C/C(=O)O. The van der Waals surface area contributed by atoms with Gasteiger partial charge in [-0.05, 0) is 19.9 Å². The number of carboxylic acid groups (broad SMARTS) is 1. The lowest BCUT2D eigenvalue weighted by molar-refractivity contribution is -0.131. The Morgan fingerprint density at radius 2 is 2.25 bits per heavy atom. The van der Waals surface area contributed by atoms with Crippen LogP contribution < -0.4 is 0 Å². The number of carbonyl (C=O) groups is 1. The number of carboxylic acids is 1. The Hall–Kier alpha value is -1.58. The molecule has 0 aromatic carbocycles. The maximum absolute atomic E-state index is 10.2. The molecule has 0 unspecified atom stereocenters. The second-order valence-corrected chi connectivity index (χ2v) is 2.52. The quantitative estimate of drug-likeness (QED) is 0.647. The molecule has 12 heavy (non-hydrogen) atoms. The molecule has 0 aliphatic rings. The van der Waals surface area contributed by atoms with Crippen LogP contribution in [0.25, 0.3) is 6.08 Å². The van der Waals surface area contributed by atoms with E-state index in [0.717, 1.165) is 23.0 Å². The molecule has 4 nitrogen and oxygen atoms in total. The number of aromatic nitrogens is 2. The monoisotopic (exact) mass is 166 g/mol. The molecule has 0 aliphatic carbocycles. The van der Waals surface area contributed by atoms with Gasteiger partial charge in [0.05, 0.1) is 5.69 Å². The first-order valence-electron chi connectivity index (χ1n) is 3.54. The van der Waals surface area contributed by atoms with Gasteiger partial charge in [0.2, 0.25) is 0 Å². The van der Waals surface area contributed by atoms with E-state index in [1.54, 1.807) is 0 Å². The number of nitrogens with zero attached hydrogens (tertiary/aromatic N) is 1. The highest BCUT2D eigenvalue weighted by Crippen LogP contribution is 2.10. The minimum atomic E-state index is -0.949. The predicted molar refractivity (Wildman–Crippen MR) is 44.7 cm³/mol. The van der Waals surface area contributed by atoms with Crippen LogP contribution in [-0.4, -0.2) is 21.3 Å². The Labute approximate surface area is 69.9 Å². The van der Waals surface area contributed by atoms with Crippen molar-refractivity contribution in [2.45, 2.75) is 13.8 Å². The van der Waals surface area contributed by atoms with Crippen LogP contribution in [0.2, 0.25) is 0 Å². The van der Waals surface area contributed by atoms with Gasteiger partial charge in [0.1, 0.15) is 0 Å². The Balaban J connectivity index is 2.95. The highest BCUT2D eigenvalue weighted by molar-refractivity contribution is 5.85. The summed E-state index contributed by atoms with van der Waals surface area (Å²) in [5.74, 6) is -0.949. The molecule has 1 heterocycles. The molecule has 0 aliphatic heterocycles. The van der Waals surface area contributed by atoms with Crippen molar-refractivity contribution in [1.29, 1.82) is 0 Å². The third kappa shape index (κ3) is 1.72. The fraction of sp³-hybridized carbons (Fsp3) is 0.250. The van der Waals surface area contributed by atoms with Crippen molar-refractivity contribution in [3.63, 3.8) is 0 Å². The lowest BCUT2D eigenvalue weighted by atomic mass is 10.2. The number of aryl methyl sites for hydroxylation is 2. The number of hydrogen-bond acceptors (Lipinski definition) is 2. The molecule has 0 saturated carbocycles. The van der Waals surface area contributed by atoms with Gasteiger partial charge in [-0.15, -0.1) is 0 Å². The third-order valence-electron chi connectivity index (χ3n) is 1.58. The minimum absolute atomic E-state index is 0.810. The first-order valence-corrected chi connectivity index (χ1v) is 3.54. The van der Waals surface area contributed by atoms with Gasteiger partial charge in [-0.25, -0.2) is 4.79 Å². The van der Waals surface area contributed by atoms with Gasteiger partial charge in [-0.2, -0.15) is 5.10 Å². The van der Waals surface area contributed by atoms with Gasteiger partial charge in [0.25, 0.3) is 0 Å². The molecule has 2 N–H and O–H groups in total. The normalized spacial score (nSPS) is 10.8. The van der Waals surface area contributed by atoms with Crippen molar-refractivity contribution in [2.75, 3.05) is 0 Å². The van der Waals surface area contributed by atoms with Gasteiger partial charge in [-0.3, -0.25) is 5.10 Å². The fourth-order valence-electron chi connectivity index (χ4n) is 0.960. The molecule has 0 saturated heterocycles. The molecular formula is C8H10N2O2. The van der Waals surface area contributed by atoms with Crippen molar-refractivity contribution in [2.24, 2.45) is 0 Å². The Kier molecular flexibility index (Phi) is 2.28. The summed E-state index contributed by atoms with van der Waals surface area (Å²) in [5.41, 5.74) is 2.53. The van der Waals surface area contributed by atoms with Gasteiger partial charge < -0.3 is 5.11 Å². The number of rotatable bonds is 2. The zero-order chi connectivity index (χ0) is 9.14. The van der Waals surface area contributed by atoms with Crippen LogP contribution in [0.1, 0.15) is 17.0 Å². The van der Waals surface area contributed by atoms with E-state index in [0.29, 0.717) is 0 Å². The second kappa shape index (κ2) is 3.21. The van der Waals surface area contributed by atoms with E-state index >= 15 is 0 Å². The average molecular weight is 166 g/mol. The van der Waals surface area contributed by atoms with Crippen LogP contribution in [0.4, 0.5) is 0 Å². The molecule has 0 fully saturated rings. The molecule has 64 valence electrons. The lowest BCUT2D eigenvalue weighted by Crippen LogP contribution is -1.86. The van der Waals surface area contributed by atoms with E-state index in [4.69, 9.17) is 5.11 Å². The summed E-state index contributed by atoms with van der Waals surface area (Å²) in [4.78, 5) is 10.2. The summed E-state index contributed by atoms with van der Waals surface area (Å²) in [5, 5.41) is 15.1. The van der Waals surface area contributed by atoms with Crippen LogP contribution in [0.5, 0.6) is 0 Å². The summed E-state index contributed by atoms with van der Waals surface area (Å²) >= 11 is 0. The second-order valence-electron chi connectivity index (χ2n) is 2.52. The topological polar surface area (TPSA) is 66.0 Å². The van der Waals surface area contributed by atoms with E-state index in [9.17, 15) is 4.79 Å². The Morgan fingerprint density at radius 1 is 1.58 bits per heavy atom. The van der Waals surface area contributed by atoms with Gasteiger partial charge in [0.15, 0.2) is 0 Å². The molecule has 4 heteroatoms. The van der Waals surface area contributed by atoms with Crippen molar-refractivity contribution in [3.8, 4) is 0 Å². The Bertz CT molecular complexity index is 306.